The van der Waals surface area contributed by atoms with E-state index in [1.807, 2.05) is 18.2 Å². The van der Waals surface area contributed by atoms with Crippen molar-refractivity contribution in [2.75, 3.05) is 44.2 Å². The molecule has 0 radical (unpaired) electrons. The summed E-state index contributed by atoms with van der Waals surface area (Å²) in [4.78, 5) is 21.7. The van der Waals surface area contributed by atoms with Gasteiger partial charge in [-0.1, -0.05) is 47.2 Å². The molecule has 0 saturated carbocycles. The van der Waals surface area contributed by atoms with Crippen LogP contribution in [0.5, 0.6) is 0 Å². The Balaban J connectivity index is 1.25. The fourth-order valence-corrected chi connectivity index (χ4v) is 4.46. The summed E-state index contributed by atoms with van der Waals surface area (Å²) in [7, 11) is 0. The highest BCUT2D eigenvalue weighted by Gasteiger charge is 2.19. The Labute approximate surface area is 167 Å². The highest BCUT2D eigenvalue weighted by Crippen LogP contribution is 2.29. The van der Waals surface area contributed by atoms with E-state index in [1.165, 1.54) is 4.70 Å². The molecule has 7 heteroatoms. The maximum Gasteiger partial charge on any atom is 0.252 e. The highest BCUT2D eigenvalue weighted by atomic mass is 35.5. The van der Waals surface area contributed by atoms with Gasteiger partial charge in [0.15, 0.2) is 5.13 Å². The lowest BCUT2D eigenvalue weighted by Crippen LogP contribution is -2.48. The Morgan fingerprint density at radius 2 is 1.81 bits per heavy atom. The van der Waals surface area contributed by atoms with Crippen LogP contribution in [0.2, 0.25) is 5.02 Å². The zero-order valence-electron chi connectivity index (χ0n) is 14.9. The molecule has 1 aliphatic heterocycles. The lowest BCUT2D eigenvalue weighted by molar-refractivity contribution is 0.0948. The van der Waals surface area contributed by atoms with Gasteiger partial charge in [0.25, 0.3) is 5.91 Å². The molecule has 5 nitrogen and oxygen atoms in total. The molecule has 0 aliphatic carbocycles. The molecule has 2 heterocycles. The third kappa shape index (κ3) is 4.24. The van der Waals surface area contributed by atoms with Crippen LogP contribution in [-0.4, -0.2) is 55.1 Å². The number of piperazine rings is 1. The van der Waals surface area contributed by atoms with Crippen molar-refractivity contribution in [1.29, 1.82) is 0 Å². The Bertz CT molecular complexity index is 903. The van der Waals surface area contributed by atoms with Crippen LogP contribution < -0.4 is 10.2 Å². The number of carbonyl (C=O) groups is 1. The van der Waals surface area contributed by atoms with Crippen LogP contribution in [0.15, 0.2) is 48.5 Å². The van der Waals surface area contributed by atoms with Crippen molar-refractivity contribution >= 4 is 44.2 Å². The van der Waals surface area contributed by atoms with E-state index >= 15 is 0 Å². The first-order chi connectivity index (χ1) is 13.2. The molecule has 0 unspecified atom stereocenters. The molecule has 1 aromatic heterocycles. The molecule has 27 heavy (non-hydrogen) atoms. The maximum atomic E-state index is 12.2. The minimum absolute atomic E-state index is 0.117. The van der Waals surface area contributed by atoms with Crippen molar-refractivity contribution in [2.24, 2.45) is 0 Å². The number of nitrogens with zero attached hydrogens (tertiary/aromatic N) is 3. The SMILES string of the molecule is O=C(NCCN1CCN(c2nc3ccccc3s2)CC1)c1ccccc1Cl. The van der Waals surface area contributed by atoms with Gasteiger partial charge in [-0.25, -0.2) is 4.98 Å². The van der Waals surface area contributed by atoms with Crippen LogP contribution in [0.3, 0.4) is 0 Å². The van der Waals surface area contributed by atoms with Crippen molar-refractivity contribution in [3.05, 3.63) is 59.1 Å². The first kappa shape index (κ1) is 18.2. The quantitative estimate of drug-likeness (QED) is 0.712. The van der Waals surface area contributed by atoms with Crippen LogP contribution in [-0.2, 0) is 0 Å². The van der Waals surface area contributed by atoms with E-state index in [2.05, 4.69) is 33.3 Å². The number of hydrogen-bond donors (Lipinski definition) is 1. The second-order valence-electron chi connectivity index (χ2n) is 6.53. The number of carbonyl (C=O) groups excluding carboxylic acids is 1. The number of para-hydroxylation sites is 1. The number of halogens is 1. The predicted octanol–water partition coefficient (Wildman–Crippen LogP) is 3.50. The van der Waals surface area contributed by atoms with Gasteiger partial charge in [0.2, 0.25) is 0 Å². The monoisotopic (exact) mass is 400 g/mol. The largest absolute Gasteiger partial charge is 0.351 e. The van der Waals surface area contributed by atoms with Crippen LogP contribution in [0.1, 0.15) is 10.4 Å². The standard InChI is InChI=1S/C20H21ClN4OS/c21-16-6-2-1-5-15(16)19(26)22-9-10-24-11-13-25(14-12-24)20-23-17-7-3-4-8-18(17)27-20/h1-8H,9-14H2,(H,22,26). The molecule has 1 aliphatic rings. The van der Waals surface area contributed by atoms with Crippen LogP contribution in [0, 0.1) is 0 Å². The second kappa shape index (κ2) is 8.25. The van der Waals surface area contributed by atoms with Crippen LogP contribution in [0.25, 0.3) is 10.2 Å². The Hall–Kier alpha value is -2.15. The minimum atomic E-state index is -0.117. The fraction of sp³-hybridized carbons (Fsp3) is 0.300. The normalized spacial score (nSPS) is 15.2. The topological polar surface area (TPSA) is 48.5 Å². The molecule has 4 rings (SSSR count). The molecule has 0 atom stereocenters. The van der Waals surface area contributed by atoms with E-state index in [0.717, 1.165) is 43.4 Å². The summed E-state index contributed by atoms with van der Waals surface area (Å²) in [5.74, 6) is -0.117. The Kier molecular flexibility index (Phi) is 5.57. The zero-order chi connectivity index (χ0) is 18.6. The predicted molar refractivity (Wildman–Crippen MR) is 112 cm³/mol. The van der Waals surface area contributed by atoms with Crippen molar-refractivity contribution in [2.45, 2.75) is 0 Å². The van der Waals surface area contributed by atoms with Crippen molar-refractivity contribution in [1.82, 2.24) is 15.2 Å². The van der Waals surface area contributed by atoms with Gasteiger partial charge in [-0.2, -0.15) is 0 Å². The molecule has 3 aromatic rings. The number of fused-ring (bicyclic) bond motifs is 1. The van der Waals surface area contributed by atoms with Crippen molar-refractivity contribution < 1.29 is 4.79 Å². The van der Waals surface area contributed by atoms with E-state index in [-0.39, 0.29) is 5.91 Å². The molecule has 2 aromatic carbocycles. The molecule has 1 fully saturated rings. The summed E-state index contributed by atoms with van der Waals surface area (Å²) in [5.41, 5.74) is 1.60. The molecular formula is C20H21ClN4OS. The summed E-state index contributed by atoms with van der Waals surface area (Å²) in [6.45, 7) is 5.31. The molecule has 0 spiro atoms. The molecule has 1 saturated heterocycles. The fourth-order valence-electron chi connectivity index (χ4n) is 3.23. The first-order valence-corrected chi connectivity index (χ1v) is 10.3. The Morgan fingerprint density at radius 3 is 2.59 bits per heavy atom. The average molecular weight is 401 g/mol. The second-order valence-corrected chi connectivity index (χ2v) is 7.94. The number of amides is 1. The van der Waals surface area contributed by atoms with Gasteiger partial charge in [-0.05, 0) is 24.3 Å². The molecular weight excluding hydrogens is 380 g/mol. The molecule has 1 N–H and O–H groups in total. The third-order valence-electron chi connectivity index (χ3n) is 4.76. The highest BCUT2D eigenvalue weighted by molar-refractivity contribution is 7.22. The van der Waals surface area contributed by atoms with Gasteiger partial charge in [0, 0.05) is 39.3 Å². The number of thiazole rings is 1. The number of hydrogen-bond acceptors (Lipinski definition) is 5. The van der Waals surface area contributed by atoms with Gasteiger partial charge in [-0.3, -0.25) is 9.69 Å². The van der Waals surface area contributed by atoms with Gasteiger partial charge in [0.05, 0.1) is 20.8 Å². The van der Waals surface area contributed by atoms with E-state index in [0.29, 0.717) is 17.1 Å². The number of benzene rings is 2. The van der Waals surface area contributed by atoms with E-state index in [1.54, 1.807) is 23.5 Å². The molecule has 0 bridgehead atoms. The smallest absolute Gasteiger partial charge is 0.252 e. The first-order valence-electron chi connectivity index (χ1n) is 9.06. The maximum absolute atomic E-state index is 12.2. The molecule has 140 valence electrons. The number of rotatable bonds is 5. The van der Waals surface area contributed by atoms with Gasteiger partial charge in [0.1, 0.15) is 0 Å². The zero-order valence-corrected chi connectivity index (χ0v) is 16.5. The van der Waals surface area contributed by atoms with Gasteiger partial charge in [-0.15, -0.1) is 0 Å². The molecule has 1 amide bonds. The third-order valence-corrected chi connectivity index (χ3v) is 6.18. The summed E-state index contributed by atoms with van der Waals surface area (Å²) < 4.78 is 1.23. The van der Waals surface area contributed by atoms with Gasteiger partial charge < -0.3 is 10.2 Å². The van der Waals surface area contributed by atoms with Crippen molar-refractivity contribution in [3.8, 4) is 0 Å². The average Bonchev–Trinajstić information content (AvgIpc) is 3.13. The van der Waals surface area contributed by atoms with Gasteiger partial charge >= 0.3 is 0 Å². The van der Waals surface area contributed by atoms with Crippen LogP contribution >= 0.6 is 22.9 Å². The minimum Gasteiger partial charge on any atom is -0.351 e. The van der Waals surface area contributed by atoms with E-state index in [9.17, 15) is 4.79 Å². The summed E-state index contributed by atoms with van der Waals surface area (Å²) in [5, 5.41) is 4.54. The summed E-state index contributed by atoms with van der Waals surface area (Å²) in [6.07, 6.45) is 0. The number of aromatic nitrogens is 1. The lowest BCUT2D eigenvalue weighted by atomic mass is 10.2. The van der Waals surface area contributed by atoms with E-state index < -0.39 is 0 Å². The lowest BCUT2D eigenvalue weighted by Gasteiger charge is -2.34. The summed E-state index contributed by atoms with van der Waals surface area (Å²) in [6, 6.07) is 15.4. The van der Waals surface area contributed by atoms with Crippen molar-refractivity contribution in [3.63, 3.8) is 0 Å². The van der Waals surface area contributed by atoms with Crippen LogP contribution in [0.4, 0.5) is 5.13 Å². The number of anilines is 1. The summed E-state index contributed by atoms with van der Waals surface area (Å²) >= 11 is 7.82. The van der Waals surface area contributed by atoms with E-state index in [4.69, 9.17) is 16.6 Å². The number of nitrogens with one attached hydrogen (secondary N) is 1. The Morgan fingerprint density at radius 1 is 1.07 bits per heavy atom.